The zero-order valence-electron chi connectivity index (χ0n) is 10.5. The van der Waals surface area contributed by atoms with E-state index in [1.807, 2.05) is 0 Å². The molecule has 0 unspecified atom stereocenters. The van der Waals surface area contributed by atoms with Gasteiger partial charge in [-0.2, -0.15) is 0 Å². The van der Waals surface area contributed by atoms with Gasteiger partial charge in [-0.1, -0.05) is 6.92 Å². The van der Waals surface area contributed by atoms with Crippen LogP contribution in [0.5, 0.6) is 0 Å². The number of nitrogens with one attached hydrogen (secondary N) is 2. The molecule has 1 atom stereocenters. The van der Waals surface area contributed by atoms with Gasteiger partial charge in [-0.3, -0.25) is 14.9 Å². The summed E-state index contributed by atoms with van der Waals surface area (Å²) in [5.74, 6) is -0.296. The third-order valence-corrected chi connectivity index (χ3v) is 3.32. The number of carboxylic acids is 1. The van der Waals surface area contributed by atoms with Crippen molar-refractivity contribution in [3.05, 3.63) is 0 Å². The lowest BCUT2D eigenvalue weighted by molar-refractivity contribution is -0.139. The molecule has 0 bridgehead atoms. The second kappa shape index (κ2) is 6.59. The molecular formula is C12H22N2O3. The Kier molecular flexibility index (Phi) is 5.41. The molecule has 17 heavy (non-hydrogen) atoms. The maximum atomic E-state index is 11.6. The topological polar surface area (TPSA) is 78.4 Å². The van der Waals surface area contributed by atoms with Crippen LogP contribution in [-0.4, -0.2) is 35.6 Å². The predicted molar refractivity (Wildman–Crippen MR) is 64.7 cm³/mol. The summed E-state index contributed by atoms with van der Waals surface area (Å²) in [5.41, 5.74) is 0. The van der Waals surface area contributed by atoms with E-state index in [1.165, 1.54) is 6.92 Å². The van der Waals surface area contributed by atoms with Gasteiger partial charge in [-0.15, -0.1) is 0 Å². The molecule has 0 aromatic carbocycles. The third-order valence-electron chi connectivity index (χ3n) is 3.32. The maximum absolute atomic E-state index is 11.6. The maximum Gasteiger partial charge on any atom is 0.320 e. The highest BCUT2D eigenvalue weighted by Gasteiger charge is 2.20. The van der Waals surface area contributed by atoms with E-state index in [4.69, 9.17) is 5.11 Å². The molecule has 0 aliphatic heterocycles. The molecular weight excluding hydrogens is 220 g/mol. The smallest absolute Gasteiger partial charge is 0.320 e. The van der Waals surface area contributed by atoms with Gasteiger partial charge in [0.25, 0.3) is 0 Å². The van der Waals surface area contributed by atoms with Crippen molar-refractivity contribution in [3.8, 4) is 0 Å². The van der Waals surface area contributed by atoms with Gasteiger partial charge >= 0.3 is 5.97 Å². The van der Waals surface area contributed by atoms with Crippen LogP contribution in [0.4, 0.5) is 0 Å². The van der Waals surface area contributed by atoms with Crippen LogP contribution >= 0.6 is 0 Å². The fourth-order valence-corrected chi connectivity index (χ4v) is 2.02. The first-order chi connectivity index (χ1) is 7.99. The predicted octanol–water partition coefficient (Wildman–Crippen LogP) is 0.744. The minimum Gasteiger partial charge on any atom is -0.480 e. The van der Waals surface area contributed by atoms with Gasteiger partial charge in [0.1, 0.15) is 6.04 Å². The average Bonchev–Trinajstić information content (AvgIpc) is 2.29. The first-order valence-electron chi connectivity index (χ1n) is 6.24. The average molecular weight is 242 g/mol. The number of carbonyl (C=O) groups is 2. The highest BCUT2D eigenvalue weighted by molar-refractivity contribution is 5.80. The number of aliphatic carboxylic acids is 1. The lowest BCUT2D eigenvalue weighted by Gasteiger charge is -2.27. The molecule has 1 rings (SSSR count). The molecule has 1 fully saturated rings. The number of hydrogen-bond acceptors (Lipinski definition) is 3. The molecule has 98 valence electrons. The van der Waals surface area contributed by atoms with Gasteiger partial charge in [0.05, 0.1) is 6.54 Å². The van der Waals surface area contributed by atoms with Crippen LogP contribution in [-0.2, 0) is 9.59 Å². The minimum absolute atomic E-state index is 0.0690. The van der Waals surface area contributed by atoms with Crippen molar-refractivity contribution in [2.75, 3.05) is 6.54 Å². The van der Waals surface area contributed by atoms with Gasteiger partial charge < -0.3 is 10.4 Å². The first-order valence-corrected chi connectivity index (χ1v) is 6.24. The van der Waals surface area contributed by atoms with Gasteiger partial charge in [-0.05, 0) is 38.5 Å². The standard InChI is InChI=1S/C12H22N2O3/c1-8-3-5-10(6-4-8)14-11(15)7-13-9(2)12(16)17/h8-10,13H,3-7H2,1-2H3,(H,14,15)(H,16,17)/t8?,9-,10?/m1/s1. The number of carboxylic acid groups (broad SMARTS) is 1. The van der Waals surface area contributed by atoms with Crippen LogP contribution in [0.2, 0.25) is 0 Å². The molecule has 1 saturated carbocycles. The molecule has 5 heteroatoms. The Balaban J connectivity index is 2.19. The Bertz CT molecular complexity index is 273. The Morgan fingerprint density at radius 3 is 2.41 bits per heavy atom. The summed E-state index contributed by atoms with van der Waals surface area (Å²) in [6, 6.07) is -0.423. The molecule has 5 nitrogen and oxygen atoms in total. The fraction of sp³-hybridized carbons (Fsp3) is 0.833. The van der Waals surface area contributed by atoms with Crippen molar-refractivity contribution in [2.24, 2.45) is 5.92 Å². The van der Waals surface area contributed by atoms with E-state index in [2.05, 4.69) is 17.6 Å². The van der Waals surface area contributed by atoms with E-state index in [0.29, 0.717) is 0 Å². The van der Waals surface area contributed by atoms with Gasteiger partial charge in [0.2, 0.25) is 5.91 Å². The molecule has 1 amide bonds. The van der Waals surface area contributed by atoms with E-state index in [0.717, 1.165) is 31.6 Å². The molecule has 0 aromatic rings. The molecule has 1 aliphatic carbocycles. The quantitative estimate of drug-likeness (QED) is 0.664. The Morgan fingerprint density at radius 2 is 1.88 bits per heavy atom. The van der Waals surface area contributed by atoms with Gasteiger partial charge in [0, 0.05) is 6.04 Å². The fourth-order valence-electron chi connectivity index (χ4n) is 2.02. The molecule has 0 saturated heterocycles. The number of hydrogen-bond donors (Lipinski definition) is 3. The number of rotatable bonds is 5. The molecule has 0 aromatic heterocycles. The summed E-state index contributed by atoms with van der Waals surface area (Å²) in [6.07, 6.45) is 4.37. The van der Waals surface area contributed by atoms with Crippen LogP contribution in [0, 0.1) is 5.92 Å². The Hall–Kier alpha value is -1.10. The van der Waals surface area contributed by atoms with Gasteiger partial charge in [-0.25, -0.2) is 0 Å². The highest BCUT2D eigenvalue weighted by Crippen LogP contribution is 2.23. The van der Waals surface area contributed by atoms with Gasteiger partial charge in [0.15, 0.2) is 0 Å². The number of amides is 1. The molecule has 0 heterocycles. The van der Waals surface area contributed by atoms with Crippen molar-refractivity contribution in [2.45, 2.75) is 51.6 Å². The largest absolute Gasteiger partial charge is 0.480 e. The molecule has 0 radical (unpaired) electrons. The summed E-state index contributed by atoms with van der Waals surface area (Å²) in [4.78, 5) is 22.1. The number of carbonyl (C=O) groups excluding carboxylic acids is 1. The summed E-state index contributed by atoms with van der Waals surface area (Å²) in [7, 11) is 0. The van der Waals surface area contributed by atoms with E-state index in [-0.39, 0.29) is 18.5 Å². The van der Waals surface area contributed by atoms with E-state index in [1.54, 1.807) is 0 Å². The third kappa shape index (κ3) is 5.17. The van der Waals surface area contributed by atoms with Crippen LogP contribution < -0.4 is 10.6 Å². The lowest BCUT2D eigenvalue weighted by Crippen LogP contribution is -2.45. The second-order valence-electron chi connectivity index (χ2n) is 4.97. The Morgan fingerprint density at radius 1 is 1.29 bits per heavy atom. The van der Waals surface area contributed by atoms with Crippen LogP contribution in [0.25, 0.3) is 0 Å². The second-order valence-corrected chi connectivity index (χ2v) is 4.97. The van der Waals surface area contributed by atoms with E-state index >= 15 is 0 Å². The van der Waals surface area contributed by atoms with Crippen LogP contribution in [0.15, 0.2) is 0 Å². The van der Waals surface area contributed by atoms with Crippen LogP contribution in [0.1, 0.15) is 39.5 Å². The molecule has 1 aliphatic rings. The highest BCUT2D eigenvalue weighted by atomic mass is 16.4. The zero-order valence-corrected chi connectivity index (χ0v) is 10.5. The zero-order chi connectivity index (χ0) is 12.8. The first kappa shape index (κ1) is 14.0. The Labute approximate surface area is 102 Å². The van der Waals surface area contributed by atoms with Crippen molar-refractivity contribution in [1.82, 2.24) is 10.6 Å². The monoisotopic (exact) mass is 242 g/mol. The molecule has 3 N–H and O–H groups in total. The van der Waals surface area contributed by atoms with Crippen molar-refractivity contribution < 1.29 is 14.7 Å². The van der Waals surface area contributed by atoms with Crippen molar-refractivity contribution in [1.29, 1.82) is 0 Å². The summed E-state index contributed by atoms with van der Waals surface area (Å²) in [6.45, 7) is 3.82. The molecule has 0 spiro atoms. The van der Waals surface area contributed by atoms with E-state index < -0.39 is 12.0 Å². The summed E-state index contributed by atoms with van der Waals surface area (Å²) >= 11 is 0. The minimum atomic E-state index is -0.940. The SMILES string of the molecule is CC1CCC(NC(=O)CN[C@H](C)C(=O)O)CC1. The van der Waals surface area contributed by atoms with Crippen molar-refractivity contribution >= 4 is 11.9 Å². The van der Waals surface area contributed by atoms with E-state index in [9.17, 15) is 9.59 Å². The normalized spacial score (nSPS) is 26.2. The summed E-state index contributed by atoms with van der Waals surface area (Å²) in [5, 5.41) is 14.3. The van der Waals surface area contributed by atoms with Crippen LogP contribution in [0.3, 0.4) is 0 Å². The lowest BCUT2D eigenvalue weighted by atomic mass is 9.87. The van der Waals surface area contributed by atoms with Crippen molar-refractivity contribution in [3.63, 3.8) is 0 Å². The summed E-state index contributed by atoms with van der Waals surface area (Å²) < 4.78 is 0.